The number of H-pyrrole nitrogens is 1. The highest BCUT2D eigenvalue weighted by Crippen LogP contribution is 2.25. The van der Waals surface area contributed by atoms with Gasteiger partial charge in [-0.05, 0) is 30.0 Å². The van der Waals surface area contributed by atoms with Gasteiger partial charge in [0.1, 0.15) is 5.69 Å². The summed E-state index contributed by atoms with van der Waals surface area (Å²) in [5.74, 6) is -0.207. The maximum absolute atomic E-state index is 12.0. The molecule has 7 heteroatoms. The molecular formula is C19H18N4O3. The molecule has 4 rings (SSSR count). The number of aromatic nitrogens is 2. The second-order valence-electron chi connectivity index (χ2n) is 6.55. The Hall–Kier alpha value is -3.22. The van der Waals surface area contributed by atoms with Gasteiger partial charge >= 0.3 is 0 Å². The van der Waals surface area contributed by atoms with Crippen molar-refractivity contribution in [3.05, 3.63) is 79.1 Å². The number of carbonyl (C=O) groups is 1. The summed E-state index contributed by atoms with van der Waals surface area (Å²) in [5, 5.41) is 2.85. The summed E-state index contributed by atoms with van der Waals surface area (Å²) in [7, 11) is 0. The summed E-state index contributed by atoms with van der Waals surface area (Å²) >= 11 is 0. The molecule has 2 aromatic carbocycles. The van der Waals surface area contributed by atoms with Crippen LogP contribution in [0.3, 0.4) is 0 Å². The fourth-order valence-corrected chi connectivity index (χ4v) is 3.44. The van der Waals surface area contributed by atoms with E-state index in [4.69, 9.17) is 0 Å². The van der Waals surface area contributed by atoms with Crippen LogP contribution in [0.4, 0.5) is 5.69 Å². The molecule has 2 heterocycles. The van der Waals surface area contributed by atoms with Gasteiger partial charge in [0.15, 0.2) is 0 Å². The zero-order valence-corrected chi connectivity index (χ0v) is 14.3. The number of nitrogens with one attached hydrogen (secondary N) is 2. The Morgan fingerprint density at radius 2 is 2.12 bits per heavy atom. The monoisotopic (exact) mass is 350 g/mol. The molecular weight excluding hydrogens is 332 g/mol. The van der Waals surface area contributed by atoms with Crippen molar-refractivity contribution >= 4 is 11.6 Å². The van der Waals surface area contributed by atoms with Gasteiger partial charge in [0.25, 0.3) is 5.91 Å². The first-order valence-electron chi connectivity index (χ1n) is 8.46. The lowest BCUT2D eigenvalue weighted by atomic mass is 9.95. The molecule has 0 fully saturated rings. The summed E-state index contributed by atoms with van der Waals surface area (Å²) in [6, 6.07) is 6.12. The van der Waals surface area contributed by atoms with Gasteiger partial charge in [-0.3, -0.25) is 14.4 Å². The Labute approximate surface area is 149 Å². The maximum atomic E-state index is 12.0. The van der Waals surface area contributed by atoms with Crippen LogP contribution in [0.1, 0.15) is 32.7 Å². The standard InChI is InChI=1S/C19H18N4O3/c1-11-16(18(25)17(11)24)23-5-4-13-3-2-12(6-14(13)9-23)7-21-19(26)15-8-20-10-22-15/h2-3,6,8,10H,4-5,7,9H2,1H3,(H,20,22)(H,21,26). The third kappa shape index (κ3) is 2.71. The summed E-state index contributed by atoms with van der Waals surface area (Å²) in [4.78, 5) is 43.9. The van der Waals surface area contributed by atoms with Crippen LogP contribution in [-0.2, 0) is 19.5 Å². The minimum Gasteiger partial charge on any atom is -0.363 e. The average molecular weight is 350 g/mol. The third-order valence-corrected chi connectivity index (χ3v) is 4.91. The van der Waals surface area contributed by atoms with Gasteiger partial charge in [0.2, 0.25) is 10.9 Å². The Balaban J connectivity index is 1.48. The lowest BCUT2D eigenvalue weighted by molar-refractivity contribution is 0.0946. The molecule has 0 spiro atoms. The van der Waals surface area contributed by atoms with E-state index in [9.17, 15) is 14.4 Å². The first-order valence-corrected chi connectivity index (χ1v) is 8.46. The van der Waals surface area contributed by atoms with Crippen LogP contribution in [-0.4, -0.2) is 22.4 Å². The molecule has 1 aliphatic rings. The Kier molecular flexibility index (Phi) is 3.91. The van der Waals surface area contributed by atoms with E-state index in [0.29, 0.717) is 30.0 Å². The van der Waals surface area contributed by atoms with Gasteiger partial charge in [0.05, 0.1) is 18.2 Å². The normalized spacial score (nSPS) is 13.7. The van der Waals surface area contributed by atoms with Crippen molar-refractivity contribution in [2.45, 2.75) is 26.4 Å². The topological polar surface area (TPSA) is 95.2 Å². The van der Waals surface area contributed by atoms with Crippen molar-refractivity contribution < 1.29 is 4.79 Å². The van der Waals surface area contributed by atoms with Gasteiger partial charge in [-0.15, -0.1) is 0 Å². The second-order valence-corrected chi connectivity index (χ2v) is 6.55. The molecule has 3 aromatic rings. The molecule has 2 N–H and O–H groups in total. The fraction of sp³-hybridized carbons (Fsp3) is 0.263. The van der Waals surface area contributed by atoms with E-state index in [2.05, 4.69) is 27.4 Å². The van der Waals surface area contributed by atoms with Crippen molar-refractivity contribution in [3.63, 3.8) is 0 Å². The van der Waals surface area contributed by atoms with Crippen LogP contribution in [0.15, 0.2) is 40.3 Å². The number of rotatable bonds is 4. The molecule has 0 aliphatic carbocycles. The first kappa shape index (κ1) is 16.3. The van der Waals surface area contributed by atoms with Gasteiger partial charge in [-0.25, -0.2) is 4.98 Å². The van der Waals surface area contributed by atoms with Gasteiger partial charge in [0, 0.05) is 25.2 Å². The minimum absolute atomic E-state index is 0.207. The van der Waals surface area contributed by atoms with E-state index in [-0.39, 0.29) is 16.8 Å². The van der Waals surface area contributed by atoms with E-state index in [1.165, 1.54) is 18.1 Å². The van der Waals surface area contributed by atoms with Crippen LogP contribution in [0.25, 0.3) is 0 Å². The lowest BCUT2D eigenvalue weighted by Gasteiger charge is -2.32. The van der Waals surface area contributed by atoms with E-state index in [1.54, 1.807) is 6.92 Å². The van der Waals surface area contributed by atoms with Crippen LogP contribution in [0.2, 0.25) is 0 Å². The van der Waals surface area contributed by atoms with Crippen LogP contribution >= 0.6 is 0 Å². The van der Waals surface area contributed by atoms with Crippen molar-refractivity contribution in [2.24, 2.45) is 0 Å². The summed E-state index contributed by atoms with van der Waals surface area (Å²) in [6.45, 7) is 3.44. The Bertz CT molecular complexity index is 1050. The van der Waals surface area contributed by atoms with Crippen LogP contribution in [0.5, 0.6) is 0 Å². The molecule has 1 aromatic heterocycles. The number of imidazole rings is 1. The number of nitrogens with zero attached hydrogens (tertiary/aromatic N) is 2. The molecule has 0 radical (unpaired) electrons. The van der Waals surface area contributed by atoms with E-state index in [0.717, 1.165) is 24.1 Å². The fourth-order valence-electron chi connectivity index (χ4n) is 3.44. The smallest absolute Gasteiger partial charge is 0.269 e. The third-order valence-electron chi connectivity index (χ3n) is 4.91. The quantitative estimate of drug-likeness (QED) is 0.679. The molecule has 0 unspecified atom stereocenters. The predicted octanol–water partition coefficient (Wildman–Crippen LogP) is 0.807. The maximum Gasteiger partial charge on any atom is 0.269 e. The number of anilines is 1. The molecule has 26 heavy (non-hydrogen) atoms. The molecule has 132 valence electrons. The molecule has 0 bridgehead atoms. The lowest BCUT2D eigenvalue weighted by Crippen LogP contribution is -2.44. The number of amides is 1. The second kappa shape index (κ2) is 6.25. The number of hydrogen-bond donors (Lipinski definition) is 2. The largest absolute Gasteiger partial charge is 0.363 e. The van der Waals surface area contributed by atoms with Crippen molar-refractivity contribution in [3.8, 4) is 0 Å². The number of aromatic amines is 1. The summed E-state index contributed by atoms with van der Waals surface area (Å²) < 4.78 is 0. The number of benzene rings is 1. The molecule has 1 amide bonds. The average Bonchev–Trinajstić information content (AvgIpc) is 3.20. The molecule has 0 saturated heterocycles. The van der Waals surface area contributed by atoms with Crippen molar-refractivity contribution in [2.75, 3.05) is 11.4 Å². The Morgan fingerprint density at radius 3 is 2.85 bits per heavy atom. The van der Waals surface area contributed by atoms with Crippen LogP contribution in [0, 0.1) is 6.92 Å². The minimum atomic E-state index is -0.381. The van der Waals surface area contributed by atoms with Gasteiger partial charge in [-0.2, -0.15) is 0 Å². The van der Waals surface area contributed by atoms with E-state index < -0.39 is 0 Å². The highest BCUT2D eigenvalue weighted by Gasteiger charge is 2.25. The zero-order chi connectivity index (χ0) is 18.3. The SMILES string of the molecule is Cc1c(N2CCc3ccc(CNC(=O)c4cnc[nH]4)cc3C2)c(=O)c1=O. The number of carbonyl (C=O) groups excluding carboxylic acids is 1. The summed E-state index contributed by atoms with van der Waals surface area (Å²) in [6.07, 6.45) is 3.77. The molecule has 0 saturated carbocycles. The molecule has 7 nitrogen and oxygen atoms in total. The van der Waals surface area contributed by atoms with E-state index in [1.807, 2.05) is 11.0 Å². The highest BCUT2D eigenvalue weighted by molar-refractivity contribution is 5.91. The van der Waals surface area contributed by atoms with Crippen molar-refractivity contribution in [1.29, 1.82) is 0 Å². The van der Waals surface area contributed by atoms with Gasteiger partial charge < -0.3 is 15.2 Å². The molecule has 1 aliphatic heterocycles. The van der Waals surface area contributed by atoms with Crippen molar-refractivity contribution in [1.82, 2.24) is 15.3 Å². The van der Waals surface area contributed by atoms with Crippen LogP contribution < -0.4 is 21.1 Å². The van der Waals surface area contributed by atoms with E-state index >= 15 is 0 Å². The number of hydrogen-bond acceptors (Lipinski definition) is 5. The predicted molar refractivity (Wildman–Crippen MR) is 97.0 cm³/mol. The summed E-state index contributed by atoms with van der Waals surface area (Å²) in [5.41, 5.74) is 4.12. The number of fused-ring (bicyclic) bond motifs is 1. The Morgan fingerprint density at radius 1 is 1.27 bits per heavy atom. The first-order chi connectivity index (χ1) is 12.5. The molecule has 0 atom stereocenters. The van der Waals surface area contributed by atoms with Gasteiger partial charge in [-0.1, -0.05) is 18.2 Å². The highest BCUT2D eigenvalue weighted by atomic mass is 16.2. The zero-order valence-electron chi connectivity index (χ0n) is 14.3.